The third-order valence-electron chi connectivity index (χ3n) is 3.37. The van der Waals surface area contributed by atoms with Gasteiger partial charge in [0, 0.05) is 26.3 Å². The molecule has 0 saturated heterocycles. The van der Waals surface area contributed by atoms with Crippen molar-refractivity contribution in [3.63, 3.8) is 0 Å². The van der Waals surface area contributed by atoms with E-state index in [-0.39, 0.29) is 12.0 Å². The van der Waals surface area contributed by atoms with Crippen molar-refractivity contribution in [2.24, 2.45) is 4.99 Å². The van der Waals surface area contributed by atoms with E-state index in [9.17, 15) is 4.79 Å². The van der Waals surface area contributed by atoms with E-state index >= 15 is 0 Å². The molecule has 0 fully saturated rings. The van der Waals surface area contributed by atoms with E-state index in [0.29, 0.717) is 24.3 Å². The Morgan fingerprint density at radius 3 is 2.89 bits per heavy atom. The van der Waals surface area contributed by atoms with E-state index in [1.54, 1.807) is 26.5 Å². The first-order valence-corrected chi connectivity index (χ1v) is 6.54. The molecule has 2 rings (SSSR count). The number of aliphatic imine (C=N–C) groups is 1. The van der Waals surface area contributed by atoms with Crippen LogP contribution in [-0.2, 0) is 14.3 Å². The largest absolute Gasteiger partial charge is 0.498 e. The lowest BCUT2D eigenvalue weighted by Crippen LogP contribution is -2.34. The van der Waals surface area contributed by atoms with Crippen molar-refractivity contribution in [1.29, 1.82) is 0 Å². The van der Waals surface area contributed by atoms with Gasteiger partial charge in [0.15, 0.2) is 0 Å². The van der Waals surface area contributed by atoms with Gasteiger partial charge in [-0.2, -0.15) is 0 Å². The number of carbonyl (C=O) groups is 1. The van der Waals surface area contributed by atoms with Crippen molar-refractivity contribution >= 4 is 12.1 Å². The monoisotopic (exact) mass is 264 g/mol. The highest BCUT2D eigenvalue weighted by atomic mass is 16.5. The molecule has 0 bridgehead atoms. The van der Waals surface area contributed by atoms with Crippen molar-refractivity contribution in [2.45, 2.75) is 25.9 Å². The van der Waals surface area contributed by atoms with E-state index in [4.69, 9.17) is 9.47 Å². The summed E-state index contributed by atoms with van der Waals surface area (Å²) in [4.78, 5) is 18.7. The van der Waals surface area contributed by atoms with Gasteiger partial charge in [-0.1, -0.05) is 6.92 Å². The molecule has 0 spiro atoms. The van der Waals surface area contributed by atoms with Gasteiger partial charge in [0.25, 0.3) is 5.91 Å². The molecule has 1 heterocycles. The van der Waals surface area contributed by atoms with Gasteiger partial charge in [-0.3, -0.25) is 9.79 Å². The molecule has 0 aromatic carbocycles. The van der Waals surface area contributed by atoms with Crippen molar-refractivity contribution < 1.29 is 14.3 Å². The number of ether oxygens (including phenoxy) is 2. The molecule has 104 valence electrons. The predicted molar refractivity (Wildman–Crippen MR) is 72.9 cm³/mol. The Bertz CT molecular complexity index is 452. The standard InChI is InChI=1S/C14H20N2O3/c1-4-6-16-7-5-15-11-9-13(19-3)12(18-2)8-10(11)14(16)17/h5,8,13H,4,6-7,9H2,1-3H3. The summed E-state index contributed by atoms with van der Waals surface area (Å²) in [7, 11) is 3.23. The van der Waals surface area contributed by atoms with Crippen molar-refractivity contribution in [3.05, 3.63) is 23.1 Å². The van der Waals surface area contributed by atoms with Gasteiger partial charge >= 0.3 is 0 Å². The number of carbonyl (C=O) groups excluding carboxylic acids is 1. The fourth-order valence-corrected chi connectivity index (χ4v) is 2.37. The summed E-state index contributed by atoms with van der Waals surface area (Å²) >= 11 is 0. The van der Waals surface area contributed by atoms with Gasteiger partial charge in [-0.15, -0.1) is 0 Å². The second-order valence-electron chi connectivity index (χ2n) is 4.60. The minimum Gasteiger partial charge on any atom is -0.498 e. The van der Waals surface area contributed by atoms with Crippen molar-refractivity contribution in [3.8, 4) is 0 Å². The molecule has 1 amide bonds. The first-order chi connectivity index (χ1) is 9.21. The number of rotatable bonds is 4. The Hall–Kier alpha value is -1.62. The number of methoxy groups -OCH3 is 2. The van der Waals surface area contributed by atoms with Gasteiger partial charge in [0.1, 0.15) is 11.9 Å². The fourth-order valence-electron chi connectivity index (χ4n) is 2.37. The fraction of sp³-hybridized carbons (Fsp3) is 0.571. The molecule has 5 nitrogen and oxygen atoms in total. The van der Waals surface area contributed by atoms with Crippen LogP contribution in [0.5, 0.6) is 0 Å². The van der Waals surface area contributed by atoms with E-state index in [1.807, 2.05) is 4.90 Å². The van der Waals surface area contributed by atoms with Crippen LogP contribution < -0.4 is 0 Å². The quantitative estimate of drug-likeness (QED) is 0.773. The maximum absolute atomic E-state index is 12.5. The summed E-state index contributed by atoms with van der Waals surface area (Å²) in [6.07, 6.45) is 4.92. The summed E-state index contributed by atoms with van der Waals surface area (Å²) in [6, 6.07) is 0. The van der Waals surface area contributed by atoms with Crippen LogP contribution in [0, 0.1) is 0 Å². The predicted octanol–water partition coefficient (Wildman–Crippen LogP) is 1.51. The number of hydrogen-bond acceptors (Lipinski definition) is 4. The van der Waals surface area contributed by atoms with Gasteiger partial charge in [-0.25, -0.2) is 0 Å². The molecular formula is C14H20N2O3. The van der Waals surface area contributed by atoms with Crippen molar-refractivity contribution in [1.82, 2.24) is 4.90 Å². The van der Waals surface area contributed by atoms with Crippen molar-refractivity contribution in [2.75, 3.05) is 27.3 Å². The molecule has 2 aliphatic rings. The van der Waals surface area contributed by atoms with E-state index < -0.39 is 0 Å². The second kappa shape index (κ2) is 6.02. The zero-order valence-electron chi connectivity index (χ0n) is 11.7. The maximum Gasteiger partial charge on any atom is 0.256 e. The van der Waals surface area contributed by atoms with Crippen LogP contribution >= 0.6 is 0 Å². The van der Waals surface area contributed by atoms with Gasteiger partial charge < -0.3 is 14.4 Å². The number of nitrogens with zero attached hydrogens (tertiary/aromatic N) is 2. The zero-order chi connectivity index (χ0) is 13.8. The van der Waals surface area contributed by atoms with Crippen LogP contribution in [0.25, 0.3) is 0 Å². The number of amides is 1. The SMILES string of the molecule is CCCN1CC=NC2=C(C=C(OC)C(OC)C2)C1=O. The summed E-state index contributed by atoms with van der Waals surface area (Å²) in [5.41, 5.74) is 1.42. The minimum absolute atomic E-state index is 0.0263. The topological polar surface area (TPSA) is 51.1 Å². The summed E-state index contributed by atoms with van der Waals surface area (Å²) in [5.74, 6) is 0.710. The first kappa shape index (κ1) is 13.8. The highest BCUT2D eigenvalue weighted by Gasteiger charge is 2.30. The third-order valence-corrected chi connectivity index (χ3v) is 3.37. The molecule has 1 aliphatic heterocycles. The molecule has 0 radical (unpaired) electrons. The van der Waals surface area contributed by atoms with Gasteiger partial charge in [0.2, 0.25) is 0 Å². The summed E-state index contributed by atoms with van der Waals surface area (Å²) < 4.78 is 10.7. The van der Waals surface area contributed by atoms with Crippen LogP contribution in [0.15, 0.2) is 28.1 Å². The molecule has 1 atom stereocenters. The average molecular weight is 264 g/mol. The van der Waals surface area contributed by atoms with Gasteiger partial charge in [0.05, 0.1) is 24.9 Å². The zero-order valence-corrected chi connectivity index (χ0v) is 11.7. The smallest absolute Gasteiger partial charge is 0.256 e. The van der Waals surface area contributed by atoms with Crippen LogP contribution in [0.2, 0.25) is 0 Å². The number of hydrogen-bond donors (Lipinski definition) is 0. The molecule has 19 heavy (non-hydrogen) atoms. The van der Waals surface area contributed by atoms with E-state index in [0.717, 1.165) is 18.7 Å². The maximum atomic E-state index is 12.5. The molecule has 1 unspecified atom stereocenters. The molecule has 1 aliphatic carbocycles. The molecule has 0 aromatic rings. The van der Waals surface area contributed by atoms with Crippen LogP contribution in [0.1, 0.15) is 19.8 Å². The Morgan fingerprint density at radius 1 is 1.47 bits per heavy atom. The summed E-state index contributed by atoms with van der Waals surface area (Å²) in [5, 5.41) is 0. The Balaban J connectivity index is 2.33. The van der Waals surface area contributed by atoms with Crippen LogP contribution in [0.4, 0.5) is 0 Å². The molecule has 0 saturated carbocycles. The Morgan fingerprint density at radius 2 is 2.26 bits per heavy atom. The van der Waals surface area contributed by atoms with Gasteiger partial charge in [-0.05, 0) is 12.5 Å². The normalized spacial score (nSPS) is 23.1. The average Bonchev–Trinajstić information content (AvgIpc) is 2.58. The van der Waals surface area contributed by atoms with Crippen LogP contribution in [0.3, 0.4) is 0 Å². The van der Waals surface area contributed by atoms with E-state index in [1.165, 1.54) is 0 Å². The molecule has 0 aromatic heterocycles. The second-order valence-corrected chi connectivity index (χ2v) is 4.60. The third kappa shape index (κ3) is 2.71. The highest BCUT2D eigenvalue weighted by molar-refractivity contribution is 5.99. The lowest BCUT2D eigenvalue weighted by atomic mass is 9.98. The van der Waals surface area contributed by atoms with Crippen LogP contribution in [-0.4, -0.2) is 50.4 Å². The molecule has 5 heteroatoms. The van der Waals surface area contributed by atoms with E-state index in [2.05, 4.69) is 11.9 Å². The lowest BCUT2D eigenvalue weighted by molar-refractivity contribution is -0.126. The lowest BCUT2D eigenvalue weighted by Gasteiger charge is -2.25. The Kier molecular flexibility index (Phi) is 4.37. The Labute approximate surface area is 113 Å². The first-order valence-electron chi connectivity index (χ1n) is 6.54. The molecular weight excluding hydrogens is 244 g/mol. The minimum atomic E-state index is -0.161. The summed E-state index contributed by atoms with van der Waals surface area (Å²) in [6.45, 7) is 3.36. The highest BCUT2D eigenvalue weighted by Crippen LogP contribution is 2.29. The molecule has 0 N–H and O–H groups in total.